The fraction of sp³-hybridized carbons (Fsp3) is 1.00. The summed E-state index contributed by atoms with van der Waals surface area (Å²) >= 11 is 0. The van der Waals surface area contributed by atoms with Crippen molar-refractivity contribution in [1.29, 1.82) is 0 Å². The number of hydrogen-bond acceptors (Lipinski definition) is 4. The van der Waals surface area contributed by atoms with Gasteiger partial charge in [-0.15, -0.1) is 0 Å². The zero-order valence-corrected chi connectivity index (χ0v) is 9.75. The molecule has 1 aliphatic heterocycles. The quantitative estimate of drug-likeness (QED) is 0.610. The third kappa shape index (κ3) is 3.41. The Morgan fingerprint density at radius 1 is 1.40 bits per heavy atom. The topological polar surface area (TPSA) is 83.6 Å². The minimum atomic E-state index is -3.18. The summed E-state index contributed by atoms with van der Waals surface area (Å²) in [4.78, 5) is 0. The predicted molar refractivity (Wildman–Crippen MR) is 58.9 cm³/mol. The molecule has 0 saturated carbocycles. The summed E-state index contributed by atoms with van der Waals surface area (Å²) < 4.78 is 25.1. The maximum absolute atomic E-state index is 11.9. The van der Waals surface area contributed by atoms with Crippen LogP contribution in [0.25, 0.3) is 0 Å². The second-order valence-corrected chi connectivity index (χ2v) is 5.94. The van der Waals surface area contributed by atoms with Gasteiger partial charge >= 0.3 is 0 Å². The summed E-state index contributed by atoms with van der Waals surface area (Å²) in [6.45, 7) is 1.01. The maximum Gasteiger partial charge on any atom is 0.214 e. The normalized spacial score (nSPS) is 23.5. The number of aliphatic hydroxyl groups excluding tert-OH is 1. The molecular formula is C9H20N2O3S. The summed E-state index contributed by atoms with van der Waals surface area (Å²) in [5.41, 5.74) is 5.32. The first-order valence-corrected chi connectivity index (χ1v) is 7.03. The van der Waals surface area contributed by atoms with Crippen LogP contribution in [0.4, 0.5) is 0 Å². The Hall–Kier alpha value is -0.170. The molecule has 15 heavy (non-hydrogen) atoms. The van der Waals surface area contributed by atoms with Crippen LogP contribution < -0.4 is 5.73 Å². The lowest BCUT2D eigenvalue weighted by Crippen LogP contribution is -2.39. The van der Waals surface area contributed by atoms with Crippen LogP contribution in [0.1, 0.15) is 25.7 Å². The van der Waals surface area contributed by atoms with Gasteiger partial charge in [0, 0.05) is 12.6 Å². The highest BCUT2D eigenvalue weighted by Gasteiger charge is 2.32. The van der Waals surface area contributed by atoms with Crippen LogP contribution >= 0.6 is 0 Å². The van der Waals surface area contributed by atoms with Crippen LogP contribution in [0.5, 0.6) is 0 Å². The van der Waals surface area contributed by atoms with E-state index < -0.39 is 10.0 Å². The highest BCUT2D eigenvalue weighted by Crippen LogP contribution is 2.21. The highest BCUT2D eigenvalue weighted by atomic mass is 32.2. The van der Waals surface area contributed by atoms with Crippen molar-refractivity contribution in [2.75, 3.05) is 25.4 Å². The first kappa shape index (κ1) is 12.9. The minimum absolute atomic E-state index is 0.0733. The van der Waals surface area contributed by atoms with Gasteiger partial charge in [0.15, 0.2) is 0 Å². The van der Waals surface area contributed by atoms with E-state index in [0.29, 0.717) is 19.5 Å². The second-order valence-electron chi connectivity index (χ2n) is 3.90. The summed E-state index contributed by atoms with van der Waals surface area (Å²) in [6, 6.07) is -0.201. The van der Waals surface area contributed by atoms with E-state index in [1.54, 1.807) is 0 Å². The molecule has 0 aromatic rings. The number of hydrogen-bond donors (Lipinski definition) is 2. The largest absolute Gasteiger partial charge is 0.395 e. The van der Waals surface area contributed by atoms with Gasteiger partial charge in [0.2, 0.25) is 10.0 Å². The Balaban J connectivity index is 2.52. The number of aliphatic hydroxyl groups is 1. The predicted octanol–water partition coefficient (Wildman–Crippen LogP) is -0.488. The van der Waals surface area contributed by atoms with Crippen molar-refractivity contribution in [2.45, 2.75) is 31.7 Å². The number of unbranched alkanes of at least 4 members (excludes halogenated alkanes) is 1. The van der Waals surface area contributed by atoms with E-state index in [-0.39, 0.29) is 18.4 Å². The minimum Gasteiger partial charge on any atom is -0.395 e. The molecule has 0 aromatic carbocycles. The molecule has 0 spiro atoms. The maximum atomic E-state index is 11.9. The van der Waals surface area contributed by atoms with Crippen molar-refractivity contribution >= 4 is 10.0 Å². The van der Waals surface area contributed by atoms with Gasteiger partial charge in [0.1, 0.15) is 0 Å². The van der Waals surface area contributed by atoms with Crippen molar-refractivity contribution in [1.82, 2.24) is 4.31 Å². The third-order valence-corrected chi connectivity index (χ3v) is 4.75. The summed E-state index contributed by atoms with van der Waals surface area (Å²) in [5, 5.41) is 9.05. The third-order valence-electron chi connectivity index (χ3n) is 2.75. The van der Waals surface area contributed by atoms with E-state index in [1.165, 1.54) is 4.31 Å². The molecule has 0 aromatic heterocycles. The molecule has 1 aliphatic rings. The number of nitrogens with zero attached hydrogens (tertiary/aromatic N) is 1. The molecule has 1 atom stereocenters. The van der Waals surface area contributed by atoms with Crippen LogP contribution in [0.15, 0.2) is 0 Å². The number of nitrogens with two attached hydrogens (primary N) is 1. The number of rotatable bonds is 6. The van der Waals surface area contributed by atoms with Crippen molar-refractivity contribution in [3.05, 3.63) is 0 Å². The first-order valence-electron chi connectivity index (χ1n) is 5.42. The lowest BCUT2D eigenvalue weighted by atomic mass is 10.2. The van der Waals surface area contributed by atoms with Gasteiger partial charge in [0.05, 0.1) is 12.4 Å². The van der Waals surface area contributed by atoms with Crippen LogP contribution in [0.2, 0.25) is 0 Å². The molecule has 1 rings (SSSR count). The average molecular weight is 236 g/mol. The van der Waals surface area contributed by atoms with Gasteiger partial charge in [-0.1, -0.05) is 0 Å². The summed E-state index contributed by atoms with van der Waals surface area (Å²) in [7, 11) is -3.18. The second kappa shape index (κ2) is 5.79. The van der Waals surface area contributed by atoms with Gasteiger partial charge in [-0.3, -0.25) is 0 Å². The molecule has 0 amide bonds. The lowest BCUT2D eigenvalue weighted by molar-refractivity contribution is 0.213. The summed E-state index contributed by atoms with van der Waals surface area (Å²) in [6.07, 6.45) is 2.96. The number of sulfonamides is 1. The van der Waals surface area contributed by atoms with Crippen molar-refractivity contribution in [3.8, 4) is 0 Å². The molecule has 0 bridgehead atoms. The van der Waals surface area contributed by atoms with E-state index in [0.717, 1.165) is 19.3 Å². The Bertz CT molecular complexity index is 279. The van der Waals surface area contributed by atoms with Crippen molar-refractivity contribution in [3.63, 3.8) is 0 Å². The zero-order valence-electron chi connectivity index (χ0n) is 8.93. The SMILES string of the molecule is NCCCCS(=O)(=O)N1CCCC1CO. The fourth-order valence-electron chi connectivity index (χ4n) is 1.90. The standard InChI is InChI=1S/C9H20N2O3S/c10-5-1-2-7-15(13,14)11-6-3-4-9(11)8-12/h9,12H,1-8,10H2. The Kier molecular flexibility index (Phi) is 4.98. The van der Waals surface area contributed by atoms with E-state index >= 15 is 0 Å². The van der Waals surface area contributed by atoms with Crippen LogP contribution in [0, 0.1) is 0 Å². The zero-order chi connectivity index (χ0) is 11.3. The molecule has 0 aliphatic carbocycles. The summed E-state index contributed by atoms with van der Waals surface area (Å²) in [5.74, 6) is 0.153. The van der Waals surface area contributed by atoms with E-state index in [4.69, 9.17) is 10.8 Å². The Morgan fingerprint density at radius 3 is 2.73 bits per heavy atom. The molecule has 0 radical (unpaired) electrons. The van der Waals surface area contributed by atoms with Crippen LogP contribution in [0.3, 0.4) is 0 Å². The molecule has 3 N–H and O–H groups in total. The first-order chi connectivity index (χ1) is 7.11. The van der Waals surface area contributed by atoms with E-state index in [2.05, 4.69) is 0 Å². The lowest BCUT2D eigenvalue weighted by Gasteiger charge is -2.22. The smallest absolute Gasteiger partial charge is 0.214 e. The van der Waals surface area contributed by atoms with Gasteiger partial charge in [-0.05, 0) is 32.2 Å². The van der Waals surface area contributed by atoms with Crippen molar-refractivity contribution < 1.29 is 13.5 Å². The average Bonchev–Trinajstić information content (AvgIpc) is 2.66. The Morgan fingerprint density at radius 2 is 2.13 bits per heavy atom. The molecule has 1 fully saturated rings. The van der Waals surface area contributed by atoms with Crippen LogP contribution in [-0.4, -0.2) is 49.3 Å². The molecule has 1 heterocycles. The van der Waals surface area contributed by atoms with Gasteiger partial charge in [0.25, 0.3) is 0 Å². The highest BCUT2D eigenvalue weighted by molar-refractivity contribution is 7.89. The molecule has 90 valence electrons. The molecule has 5 nitrogen and oxygen atoms in total. The van der Waals surface area contributed by atoms with E-state index in [9.17, 15) is 8.42 Å². The van der Waals surface area contributed by atoms with Crippen LogP contribution in [-0.2, 0) is 10.0 Å². The van der Waals surface area contributed by atoms with Gasteiger partial charge in [-0.25, -0.2) is 8.42 Å². The van der Waals surface area contributed by atoms with Crippen molar-refractivity contribution in [2.24, 2.45) is 5.73 Å². The van der Waals surface area contributed by atoms with Gasteiger partial charge in [-0.2, -0.15) is 4.31 Å². The van der Waals surface area contributed by atoms with E-state index in [1.807, 2.05) is 0 Å². The van der Waals surface area contributed by atoms with Gasteiger partial charge < -0.3 is 10.8 Å². The molecule has 1 unspecified atom stereocenters. The molecule has 1 saturated heterocycles. The monoisotopic (exact) mass is 236 g/mol. The molecule has 6 heteroatoms. The Labute approximate surface area is 91.3 Å². The fourth-order valence-corrected chi connectivity index (χ4v) is 3.74. The molecular weight excluding hydrogens is 216 g/mol.